The molecule has 0 radical (unpaired) electrons. The Morgan fingerprint density at radius 2 is 2.07 bits per heavy atom. The van der Waals surface area contributed by atoms with Crippen LogP contribution >= 0.6 is 11.3 Å². The van der Waals surface area contributed by atoms with Crippen molar-refractivity contribution in [1.82, 2.24) is 9.88 Å². The van der Waals surface area contributed by atoms with E-state index in [1.54, 1.807) is 0 Å². The standard InChI is InChI=1S/C22H29N3OS/c1-21(2)12-22(3)8-9-25(16(21)11-22)20(26)18-17(23)14-10-13-6-4-5-7-15(13)24-19(14)27-18/h10,16H,4-9,11-12,23H2,1-3H3. The van der Waals surface area contributed by atoms with Crippen LogP contribution in [0.1, 0.15) is 73.8 Å². The van der Waals surface area contributed by atoms with Gasteiger partial charge in [0.15, 0.2) is 0 Å². The number of pyridine rings is 1. The van der Waals surface area contributed by atoms with Crippen LogP contribution in [0.15, 0.2) is 6.07 Å². The summed E-state index contributed by atoms with van der Waals surface area (Å²) in [5, 5.41) is 0.983. The molecule has 3 heterocycles. The lowest BCUT2D eigenvalue weighted by Crippen LogP contribution is -2.48. The number of nitrogen functional groups attached to an aromatic ring is 1. The van der Waals surface area contributed by atoms with Gasteiger partial charge in [-0.1, -0.05) is 20.8 Å². The Hall–Kier alpha value is -1.62. The van der Waals surface area contributed by atoms with E-state index >= 15 is 0 Å². The van der Waals surface area contributed by atoms with Crippen LogP contribution in [-0.4, -0.2) is 28.4 Å². The number of nitrogens with zero attached hydrogens (tertiary/aromatic N) is 2. The monoisotopic (exact) mass is 383 g/mol. The van der Waals surface area contributed by atoms with E-state index in [0.29, 0.717) is 22.0 Å². The number of nitrogens with two attached hydrogens (primary N) is 1. The molecule has 1 amide bonds. The lowest BCUT2D eigenvalue weighted by Gasteiger charge is -2.40. The highest BCUT2D eigenvalue weighted by atomic mass is 32.1. The molecule has 3 aliphatic rings. The zero-order chi connectivity index (χ0) is 19.0. The van der Waals surface area contributed by atoms with Gasteiger partial charge < -0.3 is 10.6 Å². The third kappa shape index (κ3) is 2.61. The van der Waals surface area contributed by atoms with Crippen molar-refractivity contribution in [3.05, 3.63) is 22.2 Å². The molecule has 2 fully saturated rings. The first-order valence-electron chi connectivity index (χ1n) is 10.3. The smallest absolute Gasteiger partial charge is 0.266 e. The topological polar surface area (TPSA) is 59.2 Å². The molecule has 2 unspecified atom stereocenters. The average Bonchev–Trinajstić information content (AvgIpc) is 3.03. The van der Waals surface area contributed by atoms with Crippen molar-refractivity contribution in [2.75, 3.05) is 12.3 Å². The zero-order valence-corrected chi connectivity index (χ0v) is 17.4. The normalized spacial score (nSPS) is 29.1. The molecular formula is C22H29N3OS. The van der Waals surface area contributed by atoms with Crippen LogP contribution in [0.2, 0.25) is 0 Å². The highest BCUT2D eigenvalue weighted by Gasteiger charge is 2.53. The molecule has 1 saturated carbocycles. The van der Waals surface area contributed by atoms with E-state index in [0.717, 1.165) is 42.4 Å². The van der Waals surface area contributed by atoms with Crippen LogP contribution in [-0.2, 0) is 12.8 Å². The van der Waals surface area contributed by atoms with Crippen molar-refractivity contribution in [2.24, 2.45) is 10.8 Å². The fraction of sp³-hybridized carbons (Fsp3) is 0.636. The van der Waals surface area contributed by atoms with Gasteiger partial charge >= 0.3 is 0 Å². The second-order valence-electron chi connectivity index (χ2n) is 9.94. The van der Waals surface area contributed by atoms with Gasteiger partial charge in [-0.3, -0.25) is 4.79 Å². The molecule has 2 bridgehead atoms. The van der Waals surface area contributed by atoms with Gasteiger partial charge in [-0.15, -0.1) is 11.3 Å². The molecule has 27 heavy (non-hydrogen) atoms. The fourth-order valence-electron chi connectivity index (χ4n) is 5.99. The summed E-state index contributed by atoms with van der Waals surface area (Å²) in [6.07, 6.45) is 7.97. The summed E-state index contributed by atoms with van der Waals surface area (Å²) in [6, 6.07) is 2.51. The minimum atomic E-state index is 0.121. The van der Waals surface area contributed by atoms with Crippen molar-refractivity contribution < 1.29 is 4.79 Å². The summed E-state index contributed by atoms with van der Waals surface area (Å²) in [6.45, 7) is 7.87. The van der Waals surface area contributed by atoms with Gasteiger partial charge in [0.05, 0.1) is 5.69 Å². The maximum atomic E-state index is 13.5. The van der Waals surface area contributed by atoms with Crippen molar-refractivity contribution in [3.8, 4) is 0 Å². The number of aryl methyl sites for hydroxylation is 2. The Kier molecular flexibility index (Phi) is 3.69. The van der Waals surface area contributed by atoms with Crippen molar-refractivity contribution in [1.29, 1.82) is 0 Å². The number of anilines is 1. The van der Waals surface area contributed by atoms with Crippen LogP contribution in [0.4, 0.5) is 5.69 Å². The number of amides is 1. The molecule has 4 nitrogen and oxygen atoms in total. The molecule has 144 valence electrons. The van der Waals surface area contributed by atoms with Gasteiger partial charge in [-0.25, -0.2) is 4.98 Å². The van der Waals surface area contributed by atoms with E-state index in [9.17, 15) is 4.79 Å². The van der Waals surface area contributed by atoms with Crippen LogP contribution in [0.5, 0.6) is 0 Å². The van der Waals surface area contributed by atoms with Crippen molar-refractivity contribution in [3.63, 3.8) is 0 Å². The highest BCUT2D eigenvalue weighted by molar-refractivity contribution is 7.21. The van der Waals surface area contributed by atoms with Gasteiger partial charge in [0.1, 0.15) is 9.71 Å². The van der Waals surface area contributed by atoms with Crippen LogP contribution in [0.25, 0.3) is 10.2 Å². The van der Waals surface area contributed by atoms with Crippen LogP contribution in [0, 0.1) is 10.8 Å². The molecule has 2 N–H and O–H groups in total. The lowest BCUT2D eigenvalue weighted by molar-refractivity contribution is 0.0480. The van der Waals surface area contributed by atoms with Gasteiger partial charge in [-0.2, -0.15) is 0 Å². The Morgan fingerprint density at radius 1 is 1.30 bits per heavy atom. The summed E-state index contributed by atoms with van der Waals surface area (Å²) in [5.74, 6) is 0.121. The molecular weight excluding hydrogens is 354 g/mol. The molecule has 0 spiro atoms. The number of piperidine rings is 1. The molecule has 2 aromatic rings. The summed E-state index contributed by atoms with van der Waals surface area (Å²) in [7, 11) is 0. The number of carbonyl (C=O) groups excluding carboxylic acids is 1. The first kappa shape index (κ1) is 17.5. The second-order valence-corrected chi connectivity index (χ2v) is 10.9. The SMILES string of the molecule is CC12CCN(C(=O)c3sc4nc5c(cc4c3N)CCCC5)C(C1)C(C)(C)C2. The van der Waals surface area contributed by atoms with Gasteiger partial charge in [-0.05, 0) is 67.4 Å². The molecule has 2 aliphatic carbocycles. The Labute approximate surface area is 165 Å². The Morgan fingerprint density at radius 3 is 2.89 bits per heavy atom. The predicted molar refractivity (Wildman–Crippen MR) is 111 cm³/mol. The largest absolute Gasteiger partial charge is 0.397 e. The zero-order valence-electron chi connectivity index (χ0n) is 16.6. The molecule has 1 saturated heterocycles. The lowest BCUT2D eigenvalue weighted by atomic mass is 9.81. The van der Waals surface area contributed by atoms with E-state index in [4.69, 9.17) is 10.7 Å². The number of likely N-dealkylation sites (tertiary alicyclic amines) is 1. The summed E-state index contributed by atoms with van der Waals surface area (Å²) in [4.78, 5) is 22.2. The molecule has 2 atom stereocenters. The Balaban J connectivity index is 1.53. The number of rotatable bonds is 1. The maximum absolute atomic E-state index is 13.5. The molecule has 5 heteroatoms. The summed E-state index contributed by atoms with van der Waals surface area (Å²) in [5.41, 5.74) is 10.2. The van der Waals surface area contributed by atoms with Gasteiger partial charge in [0, 0.05) is 23.7 Å². The van der Waals surface area contributed by atoms with E-state index in [2.05, 4.69) is 31.7 Å². The Bertz CT molecular complexity index is 947. The number of fused-ring (bicyclic) bond motifs is 4. The molecule has 0 aromatic carbocycles. The first-order chi connectivity index (χ1) is 12.8. The van der Waals surface area contributed by atoms with E-state index in [-0.39, 0.29) is 11.3 Å². The van der Waals surface area contributed by atoms with Gasteiger partial charge in [0.2, 0.25) is 0 Å². The minimum absolute atomic E-state index is 0.121. The number of carbonyl (C=O) groups is 1. The van der Waals surface area contributed by atoms with Crippen molar-refractivity contribution in [2.45, 2.75) is 71.8 Å². The van der Waals surface area contributed by atoms with Crippen LogP contribution in [0.3, 0.4) is 0 Å². The molecule has 2 aromatic heterocycles. The van der Waals surface area contributed by atoms with Crippen LogP contribution < -0.4 is 5.73 Å². The van der Waals surface area contributed by atoms with E-state index < -0.39 is 0 Å². The number of hydrogen-bond acceptors (Lipinski definition) is 4. The summed E-state index contributed by atoms with van der Waals surface area (Å²) >= 11 is 1.50. The second kappa shape index (κ2) is 5.69. The number of thiophene rings is 1. The third-order valence-corrected chi connectivity index (χ3v) is 8.36. The minimum Gasteiger partial charge on any atom is -0.397 e. The van der Waals surface area contributed by atoms with Gasteiger partial charge in [0.25, 0.3) is 5.91 Å². The number of hydrogen-bond donors (Lipinski definition) is 1. The first-order valence-corrected chi connectivity index (χ1v) is 11.1. The van der Waals surface area contributed by atoms with E-state index in [1.807, 2.05) is 0 Å². The fourth-order valence-corrected chi connectivity index (χ4v) is 7.05. The quantitative estimate of drug-likeness (QED) is 0.769. The van der Waals surface area contributed by atoms with Crippen molar-refractivity contribution >= 4 is 33.1 Å². The number of aromatic nitrogens is 1. The third-order valence-electron chi connectivity index (χ3n) is 7.26. The maximum Gasteiger partial charge on any atom is 0.266 e. The highest BCUT2D eigenvalue weighted by Crippen LogP contribution is 2.56. The molecule has 1 aliphatic heterocycles. The molecule has 5 rings (SSSR count). The average molecular weight is 384 g/mol. The summed E-state index contributed by atoms with van der Waals surface area (Å²) < 4.78 is 0. The van der Waals surface area contributed by atoms with E-state index in [1.165, 1.54) is 41.9 Å². The predicted octanol–water partition coefficient (Wildman–Crippen LogP) is 4.80.